The molecule has 0 fully saturated rings. The number of fused-ring (bicyclic) bond motifs is 1. The molecule has 0 unspecified atom stereocenters. The lowest BCUT2D eigenvalue weighted by molar-refractivity contribution is 0.901. The molecular formula is C14H16N4. The van der Waals surface area contributed by atoms with Crippen molar-refractivity contribution in [2.45, 2.75) is 26.3 Å². The first-order valence-corrected chi connectivity index (χ1v) is 5.95. The average molecular weight is 240 g/mol. The molecule has 4 heteroatoms. The molecule has 0 atom stereocenters. The van der Waals surface area contributed by atoms with E-state index in [0.29, 0.717) is 6.04 Å². The second-order valence-corrected chi connectivity index (χ2v) is 4.41. The standard InChI is InChI=1S/C14H16N4/c1-10(2)18-12-6-8-16-14-13(12)11(9-17-14)5-4-7-15-3/h4,6-10H,5H2,1-2H3,(H2,16,17,18)/b7-4-. The van der Waals surface area contributed by atoms with Gasteiger partial charge in [-0.15, -0.1) is 0 Å². The van der Waals surface area contributed by atoms with E-state index < -0.39 is 0 Å². The highest BCUT2D eigenvalue weighted by molar-refractivity contribution is 5.92. The van der Waals surface area contributed by atoms with E-state index in [1.165, 1.54) is 6.20 Å². The van der Waals surface area contributed by atoms with Crippen LogP contribution >= 0.6 is 0 Å². The summed E-state index contributed by atoms with van der Waals surface area (Å²) in [6, 6.07) is 2.36. The smallest absolute Gasteiger partial charge is 0.150 e. The molecule has 0 bridgehead atoms. The number of aromatic amines is 1. The Labute approximate surface area is 107 Å². The van der Waals surface area contributed by atoms with Crippen LogP contribution in [0.1, 0.15) is 19.4 Å². The highest BCUT2D eigenvalue weighted by atomic mass is 14.9. The highest BCUT2D eigenvalue weighted by Gasteiger charge is 2.09. The molecule has 0 radical (unpaired) electrons. The van der Waals surface area contributed by atoms with Gasteiger partial charge >= 0.3 is 0 Å². The van der Waals surface area contributed by atoms with Gasteiger partial charge in [0, 0.05) is 29.5 Å². The van der Waals surface area contributed by atoms with E-state index in [4.69, 9.17) is 6.57 Å². The minimum atomic E-state index is 0.372. The summed E-state index contributed by atoms with van der Waals surface area (Å²) in [5.74, 6) is 0. The third-order valence-corrected chi connectivity index (χ3v) is 2.62. The van der Waals surface area contributed by atoms with Crippen molar-refractivity contribution >= 4 is 16.7 Å². The molecule has 2 N–H and O–H groups in total. The SMILES string of the molecule is [C-]#[N+]/C=C\Cc1c[nH]c2nccc(NC(C)C)c12. The largest absolute Gasteiger partial charge is 0.382 e. The number of hydrogen-bond acceptors (Lipinski definition) is 2. The maximum atomic E-state index is 6.73. The maximum Gasteiger partial charge on any atom is 0.150 e. The molecule has 0 amide bonds. The number of allylic oxidation sites excluding steroid dienone is 1. The summed E-state index contributed by atoms with van der Waals surface area (Å²) in [7, 11) is 0. The lowest BCUT2D eigenvalue weighted by Gasteiger charge is -2.11. The molecule has 92 valence electrons. The van der Waals surface area contributed by atoms with Crippen LogP contribution in [0.5, 0.6) is 0 Å². The van der Waals surface area contributed by atoms with Gasteiger partial charge in [0.2, 0.25) is 0 Å². The lowest BCUT2D eigenvalue weighted by Crippen LogP contribution is -2.10. The van der Waals surface area contributed by atoms with Crippen molar-refractivity contribution in [3.63, 3.8) is 0 Å². The normalized spacial score (nSPS) is 11.2. The first-order valence-electron chi connectivity index (χ1n) is 5.95. The molecular weight excluding hydrogens is 224 g/mol. The van der Waals surface area contributed by atoms with Crippen molar-refractivity contribution in [1.82, 2.24) is 9.97 Å². The molecule has 0 aliphatic heterocycles. The topological polar surface area (TPSA) is 45.1 Å². The van der Waals surface area contributed by atoms with E-state index in [-0.39, 0.29) is 0 Å². The molecule has 2 aromatic rings. The van der Waals surface area contributed by atoms with E-state index >= 15 is 0 Å². The van der Waals surface area contributed by atoms with Crippen LogP contribution in [0.3, 0.4) is 0 Å². The van der Waals surface area contributed by atoms with Crippen molar-refractivity contribution in [2.24, 2.45) is 0 Å². The Morgan fingerprint density at radius 3 is 3.11 bits per heavy atom. The van der Waals surface area contributed by atoms with E-state index in [2.05, 4.69) is 34.0 Å². The van der Waals surface area contributed by atoms with Crippen molar-refractivity contribution in [3.05, 3.63) is 47.7 Å². The molecule has 2 rings (SSSR count). The first kappa shape index (κ1) is 12.2. The van der Waals surface area contributed by atoms with Crippen LogP contribution in [0.15, 0.2) is 30.7 Å². The Bertz CT molecular complexity index is 602. The molecule has 18 heavy (non-hydrogen) atoms. The van der Waals surface area contributed by atoms with Gasteiger partial charge in [-0.1, -0.05) is 6.08 Å². The zero-order valence-corrected chi connectivity index (χ0v) is 10.6. The Morgan fingerprint density at radius 1 is 1.56 bits per heavy atom. The Kier molecular flexibility index (Phi) is 3.63. The second-order valence-electron chi connectivity index (χ2n) is 4.41. The predicted octanol–water partition coefficient (Wildman–Crippen LogP) is 3.36. The Morgan fingerprint density at radius 2 is 2.39 bits per heavy atom. The molecule has 0 aliphatic rings. The van der Waals surface area contributed by atoms with Crippen molar-refractivity contribution in [1.29, 1.82) is 0 Å². The number of hydrogen-bond donors (Lipinski definition) is 2. The van der Waals surface area contributed by atoms with Crippen molar-refractivity contribution < 1.29 is 0 Å². The van der Waals surface area contributed by atoms with Crippen LogP contribution in [-0.2, 0) is 6.42 Å². The molecule has 0 aliphatic carbocycles. The van der Waals surface area contributed by atoms with Gasteiger partial charge in [0.1, 0.15) is 5.65 Å². The van der Waals surface area contributed by atoms with Gasteiger partial charge in [-0.05, 0) is 31.9 Å². The fraction of sp³-hybridized carbons (Fsp3) is 0.286. The predicted molar refractivity (Wildman–Crippen MR) is 74.3 cm³/mol. The van der Waals surface area contributed by atoms with Crippen molar-refractivity contribution in [2.75, 3.05) is 5.32 Å². The summed E-state index contributed by atoms with van der Waals surface area (Å²) < 4.78 is 0. The minimum Gasteiger partial charge on any atom is -0.382 e. The summed E-state index contributed by atoms with van der Waals surface area (Å²) in [5.41, 5.74) is 3.12. The number of H-pyrrole nitrogens is 1. The molecule has 2 heterocycles. The van der Waals surface area contributed by atoms with Gasteiger partial charge in [-0.2, -0.15) is 0 Å². The van der Waals surface area contributed by atoms with Crippen LogP contribution in [0.4, 0.5) is 5.69 Å². The fourth-order valence-electron chi connectivity index (χ4n) is 1.95. The third kappa shape index (κ3) is 2.51. The van der Waals surface area contributed by atoms with Crippen LogP contribution in [0, 0.1) is 6.57 Å². The van der Waals surface area contributed by atoms with Gasteiger partial charge in [0.15, 0.2) is 6.20 Å². The van der Waals surface area contributed by atoms with Gasteiger partial charge < -0.3 is 10.3 Å². The van der Waals surface area contributed by atoms with Crippen LogP contribution in [0.25, 0.3) is 15.9 Å². The van der Waals surface area contributed by atoms with Crippen LogP contribution < -0.4 is 5.32 Å². The zero-order chi connectivity index (χ0) is 13.0. The molecule has 4 nitrogen and oxygen atoms in total. The summed E-state index contributed by atoms with van der Waals surface area (Å²) in [5, 5.41) is 4.53. The van der Waals surface area contributed by atoms with E-state index in [0.717, 1.165) is 28.7 Å². The number of anilines is 1. The summed E-state index contributed by atoms with van der Waals surface area (Å²) >= 11 is 0. The Hall–Kier alpha value is -2.28. The maximum absolute atomic E-state index is 6.73. The number of rotatable bonds is 4. The molecule has 0 saturated carbocycles. The molecule has 2 aromatic heterocycles. The van der Waals surface area contributed by atoms with Gasteiger partial charge in [0.25, 0.3) is 0 Å². The number of aromatic nitrogens is 2. The zero-order valence-electron chi connectivity index (χ0n) is 10.6. The molecule has 0 aromatic carbocycles. The first-order chi connectivity index (χ1) is 8.72. The number of nitrogens with zero attached hydrogens (tertiary/aromatic N) is 2. The molecule has 0 spiro atoms. The van der Waals surface area contributed by atoms with Gasteiger partial charge in [-0.3, -0.25) is 0 Å². The number of pyridine rings is 1. The summed E-state index contributed by atoms with van der Waals surface area (Å²) in [6.07, 6.45) is 7.84. The van der Waals surface area contributed by atoms with Crippen LogP contribution in [-0.4, -0.2) is 16.0 Å². The van der Waals surface area contributed by atoms with Gasteiger partial charge in [0.05, 0.1) is 6.57 Å². The molecule has 0 saturated heterocycles. The van der Waals surface area contributed by atoms with E-state index in [1.807, 2.05) is 18.3 Å². The quantitative estimate of drug-likeness (QED) is 0.805. The van der Waals surface area contributed by atoms with E-state index in [1.54, 1.807) is 6.20 Å². The second kappa shape index (κ2) is 5.37. The lowest BCUT2D eigenvalue weighted by atomic mass is 10.1. The van der Waals surface area contributed by atoms with Crippen molar-refractivity contribution in [3.8, 4) is 0 Å². The number of nitrogens with one attached hydrogen (secondary N) is 2. The summed E-state index contributed by atoms with van der Waals surface area (Å²) in [4.78, 5) is 10.7. The Balaban J connectivity index is 2.42. The monoisotopic (exact) mass is 240 g/mol. The van der Waals surface area contributed by atoms with Gasteiger partial charge in [-0.25, -0.2) is 9.83 Å². The minimum absolute atomic E-state index is 0.372. The fourth-order valence-corrected chi connectivity index (χ4v) is 1.95. The summed E-state index contributed by atoms with van der Waals surface area (Å²) in [6.45, 7) is 11.0. The third-order valence-electron chi connectivity index (χ3n) is 2.62. The average Bonchev–Trinajstić information content (AvgIpc) is 2.73. The van der Waals surface area contributed by atoms with E-state index in [9.17, 15) is 0 Å². The highest BCUT2D eigenvalue weighted by Crippen LogP contribution is 2.26. The van der Waals surface area contributed by atoms with Crippen LogP contribution in [0.2, 0.25) is 0 Å².